The van der Waals surface area contributed by atoms with Crippen molar-refractivity contribution in [3.05, 3.63) is 29.6 Å². The summed E-state index contributed by atoms with van der Waals surface area (Å²) in [5, 5.41) is 7.36. The number of hydrogen-bond donors (Lipinski definition) is 2. The van der Waals surface area contributed by atoms with E-state index < -0.39 is 0 Å². The lowest BCUT2D eigenvalue weighted by Crippen LogP contribution is -2.13. The van der Waals surface area contributed by atoms with E-state index in [1.165, 1.54) is 12.1 Å². The Bertz CT molecular complexity index is 364. The first-order valence-corrected chi connectivity index (χ1v) is 5.76. The molecule has 82 valence electrons. The van der Waals surface area contributed by atoms with Gasteiger partial charge in [-0.25, -0.2) is 4.39 Å². The van der Waals surface area contributed by atoms with Crippen molar-refractivity contribution < 1.29 is 4.39 Å². The van der Waals surface area contributed by atoms with E-state index in [1.54, 1.807) is 17.8 Å². The molecule has 0 aliphatic carbocycles. The Morgan fingerprint density at radius 2 is 2.20 bits per heavy atom. The van der Waals surface area contributed by atoms with Gasteiger partial charge in [-0.15, -0.1) is 11.8 Å². The number of nitrogens with one attached hydrogen (secondary N) is 1. The molecule has 15 heavy (non-hydrogen) atoms. The highest BCUT2D eigenvalue weighted by atomic mass is 32.2. The lowest BCUT2D eigenvalue weighted by atomic mass is 10.2. The van der Waals surface area contributed by atoms with E-state index in [9.17, 15) is 4.39 Å². The number of nitrogen functional groups attached to an aromatic ring is 1. The first kappa shape index (κ1) is 12.0. The van der Waals surface area contributed by atoms with E-state index in [0.717, 1.165) is 10.6 Å². The van der Waals surface area contributed by atoms with Crippen LogP contribution in [0.3, 0.4) is 0 Å². The van der Waals surface area contributed by atoms with E-state index in [0.29, 0.717) is 11.5 Å². The Morgan fingerprint density at radius 1 is 1.53 bits per heavy atom. The van der Waals surface area contributed by atoms with Crippen LogP contribution in [0.2, 0.25) is 0 Å². The summed E-state index contributed by atoms with van der Waals surface area (Å²) in [4.78, 5) is 0.873. The Hall–Kier alpha value is -1.03. The van der Waals surface area contributed by atoms with Crippen molar-refractivity contribution in [2.75, 3.05) is 5.75 Å². The number of amidine groups is 1. The van der Waals surface area contributed by atoms with Crippen LogP contribution in [0.1, 0.15) is 19.4 Å². The first-order valence-electron chi connectivity index (χ1n) is 4.77. The molecule has 4 heteroatoms. The molecule has 0 bridgehead atoms. The van der Waals surface area contributed by atoms with E-state index in [-0.39, 0.29) is 11.7 Å². The molecule has 0 aliphatic rings. The molecule has 0 fully saturated rings. The van der Waals surface area contributed by atoms with Gasteiger partial charge in [-0.05, 0) is 24.1 Å². The second-order valence-corrected chi connectivity index (χ2v) is 4.82. The van der Waals surface area contributed by atoms with Crippen molar-refractivity contribution in [1.82, 2.24) is 0 Å². The number of hydrogen-bond acceptors (Lipinski definition) is 2. The van der Waals surface area contributed by atoms with Crippen LogP contribution >= 0.6 is 11.8 Å². The third kappa shape index (κ3) is 3.55. The second kappa shape index (κ2) is 5.16. The molecule has 2 nitrogen and oxygen atoms in total. The average molecular weight is 226 g/mol. The molecule has 0 unspecified atom stereocenters. The SMILES string of the molecule is CC(C)CSc1ccc(F)cc1C(=N)N. The van der Waals surface area contributed by atoms with Gasteiger partial charge in [0.2, 0.25) is 0 Å². The predicted molar refractivity (Wildman–Crippen MR) is 63.0 cm³/mol. The summed E-state index contributed by atoms with van der Waals surface area (Å²) < 4.78 is 12.9. The minimum absolute atomic E-state index is 0.0826. The molecule has 0 atom stereocenters. The van der Waals surface area contributed by atoms with E-state index in [4.69, 9.17) is 11.1 Å². The minimum atomic E-state index is -0.353. The van der Waals surface area contributed by atoms with Crippen molar-refractivity contribution in [1.29, 1.82) is 5.41 Å². The summed E-state index contributed by atoms with van der Waals surface area (Å²) in [5.41, 5.74) is 5.88. The quantitative estimate of drug-likeness (QED) is 0.471. The molecule has 1 rings (SSSR count). The number of benzene rings is 1. The summed E-state index contributed by atoms with van der Waals surface area (Å²) in [6.45, 7) is 4.23. The fourth-order valence-corrected chi connectivity index (χ4v) is 2.10. The molecule has 0 saturated heterocycles. The van der Waals surface area contributed by atoms with Crippen LogP contribution in [0, 0.1) is 17.1 Å². The Balaban J connectivity index is 2.91. The lowest BCUT2D eigenvalue weighted by Gasteiger charge is -2.09. The molecule has 0 spiro atoms. The number of nitrogens with two attached hydrogens (primary N) is 1. The maximum Gasteiger partial charge on any atom is 0.124 e. The fourth-order valence-electron chi connectivity index (χ4n) is 1.09. The zero-order valence-corrected chi connectivity index (χ0v) is 9.70. The van der Waals surface area contributed by atoms with Gasteiger partial charge in [-0.3, -0.25) is 5.41 Å². The number of halogens is 1. The normalized spacial score (nSPS) is 10.7. The van der Waals surface area contributed by atoms with E-state index >= 15 is 0 Å². The number of rotatable bonds is 4. The van der Waals surface area contributed by atoms with Crippen LogP contribution in [0.4, 0.5) is 4.39 Å². The van der Waals surface area contributed by atoms with Crippen molar-refractivity contribution in [3.8, 4) is 0 Å². The van der Waals surface area contributed by atoms with Crippen molar-refractivity contribution in [2.24, 2.45) is 11.7 Å². The summed E-state index contributed by atoms with van der Waals surface area (Å²) in [5.74, 6) is 1.06. The van der Waals surface area contributed by atoms with Gasteiger partial charge >= 0.3 is 0 Å². The van der Waals surface area contributed by atoms with Crippen LogP contribution < -0.4 is 5.73 Å². The fraction of sp³-hybridized carbons (Fsp3) is 0.364. The van der Waals surface area contributed by atoms with Gasteiger partial charge in [0.15, 0.2) is 0 Å². The highest BCUT2D eigenvalue weighted by molar-refractivity contribution is 7.99. The van der Waals surface area contributed by atoms with Crippen LogP contribution in [-0.2, 0) is 0 Å². The van der Waals surface area contributed by atoms with Gasteiger partial charge in [0, 0.05) is 16.2 Å². The molecule has 0 aliphatic heterocycles. The van der Waals surface area contributed by atoms with Crippen LogP contribution in [0.15, 0.2) is 23.1 Å². The van der Waals surface area contributed by atoms with Crippen molar-refractivity contribution in [2.45, 2.75) is 18.7 Å². The Kier molecular flexibility index (Phi) is 4.15. The Morgan fingerprint density at radius 3 is 2.73 bits per heavy atom. The number of thioether (sulfide) groups is 1. The third-order valence-electron chi connectivity index (χ3n) is 1.80. The summed E-state index contributed by atoms with van der Waals surface area (Å²) >= 11 is 1.60. The third-order valence-corrected chi connectivity index (χ3v) is 3.30. The summed E-state index contributed by atoms with van der Waals surface area (Å²) in [6.07, 6.45) is 0. The van der Waals surface area contributed by atoms with Gasteiger partial charge in [-0.1, -0.05) is 13.8 Å². The molecule has 1 aromatic rings. The van der Waals surface area contributed by atoms with Gasteiger partial charge in [0.1, 0.15) is 11.7 Å². The molecule has 0 amide bonds. The lowest BCUT2D eigenvalue weighted by molar-refractivity contribution is 0.626. The van der Waals surface area contributed by atoms with Crippen LogP contribution in [0.5, 0.6) is 0 Å². The first-order chi connectivity index (χ1) is 7.00. The molecular formula is C11H15FN2S. The van der Waals surface area contributed by atoms with Crippen LogP contribution in [0.25, 0.3) is 0 Å². The minimum Gasteiger partial charge on any atom is -0.384 e. The van der Waals surface area contributed by atoms with Gasteiger partial charge in [0.05, 0.1) is 0 Å². The molecule has 0 heterocycles. The molecule has 0 saturated carbocycles. The van der Waals surface area contributed by atoms with Crippen molar-refractivity contribution >= 4 is 17.6 Å². The standard InChI is InChI=1S/C11H15FN2S/c1-7(2)6-15-10-4-3-8(12)5-9(10)11(13)14/h3-5,7H,6H2,1-2H3,(H3,13,14). The van der Waals surface area contributed by atoms with Crippen molar-refractivity contribution in [3.63, 3.8) is 0 Å². The van der Waals surface area contributed by atoms with Gasteiger partial charge in [-0.2, -0.15) is 0 Å². The predicted octanol–water partition coefficient (Wildman–Crippen LogP) is 2.86. The summed E-state index contributed by atoms with van der Waals surface area (Å²) in [7, 11) is 0. The molecule has 0 radical (unpaired) electrons. The van der Waals surface area contributed by atoms with E-state index in [2.05, 4.69) is 13.8 Å². The molecular weight excluding hydrogens is 211 g/mol. The zero-order valence-electron chi connectivity index (χ0n) is 8.88. The molecule has 0 aromatic heterocycles. The topological polar surface area (TPSA) is 49.9 Å². The zero-order chi connectivity index (χ0) is 11.4. The Labute approximate surface area is 93.6 Å². The maximum absolute atomic E-state index is 12.9. The second-order valence-electron chi connectivity index (χ2n) is 3.76. The van der Waals surface area contributed by atoms with Crippen LogP contribution in [-0.4, -0.2) is 11.6 Å². The van der Waals surface area contributed by atoms with Gasteiger partial charge in [0.25, 0.3) is 0 Å². The smallest absolute Gasteiger partial charge is 0.124 e. The largest absolute Gasteiger partial charge is 0.384 e. The van der Waals surface area contributed by atoms with E-state index in [1.807, 2.05) is 0 Å². The monoisotopic (exact) mass is 226 g/mol. The molecule has 3 N–H and O–H groups in total. The summed E-state index contributed by atoms with van der Waals surface area (Å²) in [6, 6.07) is 4.39. The van der Waals surface area contributed by atoms with Gasteiger partial charge < -0.3 is 5.73 Å². The maximum atomic E-state index is 12.9. The highest BCUT2D eigenvalue weighted by Gasteiger charge is 2.08. The highest BCUT2D eigenvalue weighted by Crippen LogP contribution is 2.25. The molecule has 1 aromatic carbocycles. The average Bonchev–Trinajstić information content (AvgIpc) is 2.15.